The second kappa shape index (κ2) is 17.1. The van der Waals surface area contributed by atoms with Crippen LogP contribution in [0.4, 0.5) is 34.6 Å². The second-order valence-corrected chi connectivity index (χ2v) is 17.8. The van der Waals surface area contributed by atoms with E-state index in [1.807, 2.05) is 6.07 Å². The predicted molar refractivity (Wildman–Crippen MR) is 220 cm³/mol. The SMILES string of the molecule is Cc1nn(-c2nc(O)nc(-n3nc(C)c(N=Nc4c(C#N)cnn4-c4cc(S(=O)(=O)O)cc(S(=O)(=O)O)c4)c3N)n2)c(N)c1N=Nc1c(C#N)cnn1-c1cc(OS(=O)O)cc(S(=O)(=O)O)c1. The predicted octanol–water partition coefficient (Wildman–Crippen LogP) is 1.93. The fourth-order valence-electron chi connectivity index (χ4n) is 5.70. The van der Waals surface area contributed by atoms with E-state index < -0.39 is 91.6 Å². The standard InChI is InChI=1S/C31H23N19O13S4/c1-13-23(41-43-27-15(9-32)11-36-47(27)17-3-19(63-64(52)53)7-20(4-17)65(54,55)56)25(34)49(45-13)29-38-30(40-31(51)39-29)50-26(35)24(14(2)46-50)42-44-28-16(10-33)12-37-48(28)18-5-21(66(57,58)59)8-22(6-18)67(60,61)62/h3-8,11-12H,34-35H2,1-2H3,(H,52,53)(H,54,55,56)(H,57,58,59)(H,60,61,62)(H,38,39,40,51). The average Bonchev–Trinajstić information content (AvgIpc) is 4.00. The van der Waals surface area contributed by atoms with Gasteiger partial charge in [0, 0.05) is 12.1 Å². The van der Waals surface area contributed by atoms with E-state index in [1.54, 1.807) is 6.07 Å². The van der Waals surface area contributed by atoms with Crippen LogP contribution in [0.5, 0.6) is 11.8 Å². The molecule has 32 nitrogen and oxygen atoms in total. The van der Waals surface area contributed by atoms with E-state index in [4.69, 9.17) is 11.5 Å². The quantitative estimate of drug-likeness (QED) is 0.0493. The molecule has 67 heavy (non-hydrogen) atoms. The van der Waals surface area contributed by atoms with E-state index >= 15 is 0 Å². The monoisotopic (exact) mass is 997 g/mol. The summed E-state index contributed by atoms with van der Waals surface area (Å²) in [5, 5.41) is 62.8. The van der Waals surface area contributed by atoms with Crippen LogP contribution in [0.15, 0.2) is 83.9 Å². The summed E-state index contributed by atoms with van der Waals surface area (Å²) in [7, 11) is -15.0. The first-order chi connectivity index (χ1) is 31.4. The first-order valence-corrected chi connectivity index (χ1v) is 22.7. The molecule has 5 heterocycles. The number of hydrogen-bond donors (Lipinski definition) is 7. The number of benzene rings is 2. The van der Waals surface area contributed by atoms with Gasteiger partial charge in [0.2, 0.25) is 0 Å². The number of azo groups is 2. The lowest BCUT2D eigenvalue weighted by Gasteiger charge is -2.09. The Morgan fingerprint density at radius 2 is 1.04 bits per heavy atom. The molecule has 9 N–H and O–H groups in total. The number of nitrogens with two attached hydrogens (primary N) is 2. The number of aromatic hydroxyl groups is 1. The second-order valence-electron chi connectivity index (χ2n) is 13.0. The van der Waals surface area contributed by atoms with E-state index in [9.17, 15) is 63.3 Å². The number of aryl methyl sites for hydroxylation is 2. The lowest BCUT2D eigenvalue weighted by molar-refractivity contribution is 0.423. The third kappa shape index (κ3) is 9.37. The van der Waals surface area contributed by atoms with E-state index in [1.165, 1.54) is 13.8 Å². The molecule has 0 aliphatic rings. The number of nitrogen functional groups attached to an aromatic ring is 2. The fourth-order valence-corrected chi connectivity index (χ4v) is 7.66. The minimum absolute atomic E-state index is 0.0410. The van der Waals surface area contributed by atoms with Crippen LogP contribution >= 0.6 is 0 Å². The van der Waals surface area contributed by atoms with Crippen molar-refractivity contribution in [3.05, 3.63) is 71.3 Å². The lowest BCUT2D eigenvalue weighted by Crippen LogP contribution is -2.13. The molecule has 7 aromatic rings. The topological polar surface area (TPSA) is 489 Å². The van der Waals surface area contributed by atoms with Crippen LogP contribution in [-0.2, 0) is 41.7 Å². The maximum atomic E-state index is 12.0. The number of nitriles is 2. The van der Waals surface area contributed by atoms with Crippen LogP contribution < -0.4 is 15.7 Å². The molecule has 7 rings (SSSR count). The number of anilines is 2. The van der Waals surface area contributed by atoms with Gasteiger partial charge in [0.1, 0.15) is 29.0 Å². The number of hydrogen-bond acceptors (Lipinski definition) is 24. The van der Waals surface area contributed by atoms with Crippen LogP contribution in [0, 0.1) is 36.5 Å². The molecular formula is C31H23N19O13S4. The molecule has 0 fully saturated rings. The van der Waals surface area contributed by atoms with Crippen LogP contribution in [0.1, 0.15) is 22.5 Å². The molecule has 0 radical (unpaired) electrons. The molecule has 2 aromatic carbocycles. The minimum atomic E-state index is -5.04. The number of nitrogens with zero attached hydrogens (tertiary/aromatic N) is 17. The molecule has 0 spiro atoms. The van der Waals surface area contributed by atoms with Gasteiger partial charge in [0.05, 0.1) is 49.8 Å². The summed E-state index contributed by atoms with van der Waals surface area (Å²) in [6.45, 7) is 2.83. The molecule has 1 unspecified atom stereocenters. The molecule has 0 bridgehead atoms. The zero-order valence-corrected chi connectivity index (χ0v) is 36.3. The van der Waals surface area contributed by atoms with Crippen molar-refractivity contribution < 1.29 is 57.0 Å². The molecule has 1 atom stereocenters. The van der Waals surface area contributed by atoms with E-state index in [-0.39, 0.29) is 57.0 Å². The Morgan fingerprint density at radius 3 is 1.43 bits per heavy atom. The zero-order valence-electron chi connectivity index (χ0n) is 33.0. The van der Waals surface area contributed by atoms with Gasteiger partial charge in [-0.2, -0.15) is 84.7 Å². The van der Waals surface area contributed by atoms with E-state index in [2.05, 4.69) is 60.0 Å². The summed E-state index contributed by atoms with van der Waals surface area (Å²) in [5.41, 5.74) is 11.4. The van der Waals surface area contributed by atoms with Crippen molar-refractivity contribution in [1.29, 1.82) is 10.5 Å². The average molecular weight is 998 g/mol. The highest BCUT2D eigenvalue weighted by Crippen LogP contribution is 2.35. The van der Waals surface area contributed by atoms with Gasteiger partial charge in [-0.25, -0.2) is 9.36 Å². The van der Waals surface area contributed by atoms with Crippen LogP contribution in [0.2, 0.25) is 0 Å². The molecule has 0 saturated carbocycles. The molecule has 36 heteroatoms. The molecule has 0 aliphatic carbocycles. The van der Waals surface area contributed by atoms with Crippen molar-refractivity contribution in [2.75, 3.05) is 11.5 Å². The van der Waals surface area contributed by atoms with Gasteiger partial charge >= 0.3 is 17.4 Å². The zero-order chi connectivity index (χ0) is 48.9. The van der Waals surface area contributed by atoms with Crippen molar-refractivity contribution in [3.8, 4) is 47.2 Å². The molecule has 0 aliphatic heterocycles. The van der Waals surface area contributed by atoms with Gasteiger partial charge in [-0.05, 0) is 38.1 Å². The van der Waals surface area contributed by atoms with Crippen LogP contribution in [0.3, 0.4) is 0 Å². The van der Waals surface area contributed by atoms with Crippen molar-refractivity contribution in [3.63, 3.8) is 0 Å². The molecular weight excluding hydrogens is 975 g/mol. The van der Waals surface area contributed by atoms with Crippen molar-refractivity contribution in [1.82, 2.24) is 54.1 Å². The van der Waals surface area contributed by atoms with Crippen molar-refractivity contribution in [2.45, 2.75) is 28.5 Å². The third-order valence-corrected chi connectivity index (χ3v) is 11.4. The lowest BCUT2D eigenvalue weighted by atomic mass is 10.3. The largest absolute Gasteiger partial charge is 0.479 e. The third-order valence-electron chi connectivity index (χ3n) is 8.60. The van der Waals surface area contributed by atoms with Gasteiger partial charge in [-0.3, -0.25) is 18.2 Å². The summed E-state index contributed by atoms with van der Waals surface area (Å²) < 4.78 is 129. The first-order valence-electron chi connectivity index (χ1n) is 17.4. The van der Waals surface area contributed by atoms with E-state index in [0.717, 1.165) is 61.5 Å². The summed E-state index contributed by atoms with van der Waals surface area (Å²) in [4.78, 5) is 9.25. The van der Waals surface area contributed by atoms with Gasteiger partial charge in [-0.1, -0.05) is 0 Å². The minimum Gasteiger partial charge on any atom is -0.479 e. The van der Waals surface area contributed by atoms with Crippen LogP contribution in [-0.4, -0.2) is 107 Å². The Kier molecular flexibility index (Phi) is 11.9. The van der Waals surface area contributed by atoms with Gasteiger partial charge in [0.25, 0.3) is 42.3 Å². The number of aromatic nitrogens is 11. The Labute approximate surface area is 375 Å². The highest BCUT2D eigenvalue weighted by atomic mass is 32.2. The van der Waals surface area contributed by atoms with E-state index in [0.29, 0.717) is 6.07 Å². The molecule has 0 amide bonds. The van der Waals surface area contributed by atoms with Gasteiger partial charge in [-0.15, -0.1) is 20.5 Å². The summed E-state index contributed by atoms with van der Waals surface area (Å²) in [6, 6.07) is 7.41. The highest BCUT2D eigenvalue weighted by molar-refractivity contribution is 7.86. The molecule has 344 valence electrons. The highest BCUT2D eigenvalue weighted by Gasteiger charge is 2.25. The Balaban J connectivity index is 1.24. The Morgan fingerprint density at radius 1 is 0.642 bits per heavy atom. The van der Waals surface area contributed by atoms with Crippen molar-refractivity contribution >= 4 is 76.4 Å². The Bertz CT molecular complexity index is 3680. The van der Waals surface area contributed by atoms with Crippen LogP contribution in [0.25, 0.3) is 23.3 Å². The summed E-state index contributed by atoms with van der Waals surface area (Å²) in [6.07, 6.45) is 2.00. The molecule has 0 saturated heterocycles. The van der Waals surface area contributed by atoms with Gasteiger partial charge in [0.15, 0.2) is 34.6 Å². The maximum absolute atomic E-state index is 12.0. The van der Waals surface area contributed by atoms with Gasteiger partial charge < -0.3 is 20.8 Å². The molecule has 5 aromatic heterocycles. The smallest absolute Gasteiger partial charge is 0.357 e. The first kappa shape index (κ1) is 46.5. The summed E-state index contributed by atoms with van der Waals surface area (Å²) >= 11 is -2.92. The fraction of sp³-hybridized carbons (Fsp3) is 0.0645. The summed E-state index contributed by atoms with van der Waals surface area (Å²) in [5.74, 6) is -2.80. The Hall–Kier alpha value is -8.49. The normalized spacial score (nSPS) is 12.7. The van der Waals surface area contributed by atoms with Crippen molar-refractivity contribution in [2.24, 2.45) is 20.5 Å². The maximum Gasteiger partial charge on any atom is 0.357 e. The number of rotatable bonds is 13.